The van der Waals surface area contributed by atoms with Crippen LogP contribution in [0.25, 0.3) is 5.69 Å². The molecule has 0 bridgehead atoms. The minimum absolute atomic E-state index is 0.120. The fourth-order valence-corrected chi connectivity index (χ4v) is 4.61. The van der Waals surface area contributed by atoms with Gasteiger partial charge in [0.05, 0.1) is 24.5 Å². The highest BCUT2D eigenvalue weighted by atomic mass is 19.1. The first-order chi connectivity index (χ1) is 15.9. The number of aryl methyl sites for hydroxylation is 1. The second kappa shape index (κ2) is 10.4. The molecule has 1 unspecified atom stereocenters. The molecule has 0 radical (unpaired) electrons. The van der Waals surface area contributed by atoms with Crippen molar-refractivity contribution in [2.24, 2.45) is 0 Å². The van der Waals surface area contributed by atoms with Gasteiger partial charge in [0, 0.05) is 44.8 Å². The van der Waals surface area contributed by atoms with Gasteiger partial charge in [-0.05, 0) is 57.4 Å². The molecule has 0 aliphatic carbocycles. The van der Waals surface area contributed by atoms with E-state index in [4.69, 9.17) is 0 Å². The van der Waals surface area contributed by atoms with Crippen molar-refractivity contribution in [3.05, 3.63) is 41.8 Å². The number of nitrogens with zero attached hydrogens (tertiary/aromatic N) is 5. The highest BCUT2D eigenvalue weighted by Gasteiger charge is 2.26. The summed E-state index contributed by atoms with van der Waals surface area (Å²) in [5.74, 6) is 0.339. The normalized spacial score (nSPS) is 20.1. The lowest BCUT2D eigenvalue weighted by Gasteiger charge is -2.37. The molecule has 2 saturated heterocycles. The van der Waals surface area contributed by atoms with Crippen molar-refractivity contribution in [3.8, 4) is 5.69 Å². The van der Waals surface area contributed by atoms with E-state index in [1.165, 1.54) is 18.6 Å². The zero-order chi connectivity index (χ0) is 23.4. The number of halogens is 1. The SMILES string of the molecule is Cc1cc(NC(=O)CN2CCN(CC(=O)N3CCCCC3C)CC2)n(-c2ccc(F)cc2)n1. The van der Waals surface area contributed by atoms with Crippen LogP contribution in [0.5, 0.6) is 0 Å². The van der Waals surface area contributed by atoms with E-state index in [-0.39, 0.29) is 24.2 Å². The number of carbonyl (C=O) groups excluding carboxylic acids is 2. The average molecular weight is 457 g/mol. The number of rotatable bonds is 6. The Morgan fingerprint density at radius 3 is 2.36 bits per heavy atom. The van der Waals surface area contributed by atoms with Gasteiger partial charge in [0.2, 0.25) is 11.8 Å². The third-order valence-electron chi connectivity index (χ3n) is 6.48. The summed E-state index contributed by atoms with van der Waals surface area (Å²) >= 11 is 0. The molecule has 3 heterocycles. The third kappa shape index (κ3) is 5.97. The summed E-state index contributed by atoms with van der Waals surface area (Å²) in [7, 11) is 0. The van der Waals surface area contributed by atoms with Crippen molar-refractivity contribution < 1.29 is 14.0 Å². The van der Waals surface area contributed by atoms with Crippen molar-refractivity contribution in [1.29, 1.82) is 0 Å². The fourth-order valence-electron chi connectivity index (χ4n) is 4.61. The monoisotopic (exact) mass is 456 g/mol. The van der Waals surface area contributed by atoms with Gasteiger partial charge in [-0.25, -0.2) is 9.07 Å². The lowest BCUT2D eigenvalue weighted by molar-refractivity contribution is -0.136. The highest BCUT2D eigenvalue weighted by molar-refractivity contribution is 5.91. The molecule has 1 aromatic heterocycles. The maximum Gasteiger partial charge on any atom is 0.239 e. The van der Waals surface area contributed by atoms with Crippen LogP contribution in [-0.4, -0.2) is 88.1 Å². The largest absolute Gasteiger partial charge is 0.339 e. The van der Waals surface area contributed by atoms with Crippen molar-refractivity contribution in [2.75, 3.05) is 51.1 Å². The first kappa shape index (κ1) is 23.4. The van der Waals surface area contributed by atoms with Gasteiger partial charge in [0.25, 0.3) is 0 Å². The van der Waals surface area contributed by atoms with Gasteiger partial charge >= 0.3 is 0 Å². The van der Waals surface area contributed by atoms with Crippen molar-refractivity contribution in [2.45, 2.75) is 39.2 Å². The summed E-state index contributed by atoms with van der Waals surface area (Å²) in [6.45, 7) is 8.62. The summed E-state index contributed by atoms with van der Waals surface area (Å²) in [4.78, 5) is 31.7. The second-order valence-corrected chi connectivity index (χ2v) is 9.09. The maximum absolute atomic E-state index is 13.3. The molecule has 1 N–H and O–H groups in total. The minimum atomic E-state index is -0.320. The number of hydrogen-bond donors (Lipinski definition) is 1. The van der Waals surface area contributed by atoms with E-state index in [0.29, 0.717) is 24.1 Å². The van der Waals surface area contributed by atoms with E-state index < -0.39 is 0 Å². The van der Waals surface area contributed by atoms with Gasteiger partial charge in [-0.2, -0.15) is 5.10 Å². The molecule has 178 valence electrons. The summed E-state index contributed by atoms with van der Waals surface area (Å²) in [6, 6.07) is 8.13. The molecule has 2 aromatic rings. The fraction of sp³-hybridized carbons (Fsp3) is 0.542. The molecule has 2 amide bonds. The lowest BCUT2D eigenvalue weighted by Crippen LogP contribution is -2.53. The van der Waals surface area contributed by atoms with Crippen LogP contribution in [-0.2, 0) is 9.59 Å². The van der Waals surface area contributed by atoms with Crippen LogP contribution in [0.1, 0.15) is 31.9 Å². The summed E-state index contributed by atoms with van der Waals surface area (Å²) in [6.07, 6.45) is 3.39. The Morgan fingerprint density at radius 2 is 1.70 bits per heavy atom. The molecular formula is C24H33FN6O2. The van der Waals surface area contributed by atoms with Crippen molar-refractivity contribution in [1.82, 2.24) is 24.5 Å². The number of aromatic nitrogens is 2. The number of nitrogens with one attached hydrogen (secondary N) is 1. The Labute approximate surface area is 194 Å². The maximum atomic E-state index is 13.3. The molecule has 0 saturated carbocycles. The number of anilines is 1. The molecule has 2 aliphatic rings. The van der Waals surface area contributed by atoms with E-state index in [0.717, 1.165) is 51.3 Å². The number of hydrogen-bond acceptors (Lipinski definition) is 5. The highest BCUT2D eigenvalue weighted by Crippen LogP contribution is 2.19. The van der Waals surface area contributed by atoms with E-state index >= 15 is 0 Å². The lowest BCUT2D eigenvalue weighted by atomic mass is 10.0. The summed E-state index contributed by atoms with van der Waals surface area (Å²) < 4.78 is 14.9. The Bertz CT molecular complexity index is 968. The van der Waals surface area contributed by atoms with Crippen LogP contribution >= 0.6 is 0 Å². The first-order valence-electron chi connectivity index (χ1n) is 11.8. The van der Waals surface area contributed by atoms with Crippen LogP contribution in [0.3, 0.4) is 0 Å². The van der Waals surface area contributed by atoms with Crippen LogP contribution in [0.15, 0.2) is 30.3 Å². The summed E-state index contributed by atoms with van der Waals surface area (Å²) in [5.41, 5.74) is 1.44. The number of piperidine rings is 1. The smallest absolute Gasteiger partial charge is 0.239 e. The Hall–Kier alpha value is -2.78. The van der Waals surface area contributed by atoms with E-state index in [9.17, 15) is 14.0 Å². The van der Waals surface area contributed by atoms with Gasteiger partial charge in [0.15, 0.2) is 0 Å². The van der Waals surface area contributed by atoms with Gasteiger partial charge in [-0.15, -0.1) is 0 Å². The molecular weight excluding hydrogens is 423 g/mol. The quantitative estimate of drug-likeness (QED) is 0.722. The van der Waals surface area contributed by atoms with Crippen molar-refractivity contribution >= 4 is 17.6 Å². The Kier molecular flexibility index (Phi) is 7.39. The van der Waals surface area contributed by atoms with Gasteiger partial charge in [-0.1, -0.05) is 0 Å². The topological polar surface area (TPSA) is 73.7 Å². The molecule has 2 aliphatic heterocycles. The number of piperazine rings is 1. The zero-order valence-corrected chi connectivity index (χ0v) is 19.5. The third-order valence-corrected chi connectivity index (χ3v) is 6.48. The Morgan fingerprint density at radius 1 is 1.03 bits per heavy atom. The van der Waals surface area contributed by atoms with E-state index in [1.807, 2.05) is 11.8 Å². The number of amides is 2. The van der Waals surface area contributed by atoms with Crippen LogP contribution < -0.4 is 5.32 Å². The van der Waals surface area contributed by atoms with E-state index in [2.05, 4.69) is 27.1 Å². The summed E-state index contributed by atoms with van der Waals surface area (Å²) in [5, 5.41) is 7.35. The minimum Gasteiger partial charge on any atom is -0.339 e. The Balaban J connectivity index is 1.26. The van der Waals surface area contributed by atoms with Crippen molar-refractivity contribution in [3.63, 3.8) is 0 Å². The first-order valence-corrected chi connectivity index (χ1v) is 11.8. The molecule has 33 heavy (non-hydrogen) atoms. The molecule has 8 nitrogen and oxygen atoms in total. The van der Waals surface area contributed by atoms with Crippen LogP contribution in [0, 0.1) is 12.7 Å². The van der Waals surface area contributed by atoms with E-state index in [1.54, 1.807) is 22.9 Å². The number of carbonyl (C=O) groups is 2. The number of benzene rings is 1. The number of likely N-dealkylation sites (tertiary alicyclic amines) is 1. The standard InChI is InChI=1S/C24H33FN6O2/c1-18-15-22(31(27-18)21-8-6-20(25)7-9-21)26-23(32)16-28-11-13-29(14-12-28)17-24(33)30-10-4-3-5-19(30)2/h6-9,15,19H,3-5,10-14,16-17H2,1-2H3,(H,26,32). The van der Waals surface area contributed by atoms with Crippen LogP contribution in [0.4, 0.5) is 10.2 Å². The second-order valence-electron chi connectivity index (χ2n) is 9.09. The predicted molar refractivity (Wildman–Crippen MR) is 125 cm³/mol. The molecule has 1 aromatic carbocycles. The molecule has 9 heteroatoms. The zero-order valence-electron chi connectivity index (χ0n) is 19.5. The predicted octanol–water partition coefficient (Wildman–Crippen LogP) is 2.28. The van der Waals surface area contributed by atoms with Gasteiger partial charge in [0.1, 0.15) is 11.6 Å². The van der Waals surface area contributed by atoms with Crippen LogP contribution in [0.2, 0.25) is 0 Å². The molecule has 0 spiro atoms. The molecule has 4 rings (SSSR count). The van der Waals surface area contributed by atoms with Gasteiger partial charge in [-0.3, -0.25) is 19.4 Å². The molecule has 2 fully saturated rings. The molecule has 1 atom stereocenters. The van der Waals surface area contributed by atoms with Gasteiger partial charge < -0.3 is 10.2 Å². The average Bonchev–Trinajstić information content (AvgIpc) is 3.15.